The number of hydrogen-bond acceptors (Lipinski definition) is 4. The first kappa shape index (κ1) is 22.1. The van der Waals surface area contributed by atoms with E-state index in [9.17, 15) is 13.2 Å². The molecule has 1 aromatic carbocycles. The number of benzene rings is 1. The molecule has 29 heavy (non-hydrogen) atoms. The lowest BCUT2D eigenvalue weighted by Gasteiger charge is -2.43. The van der Waals surface area contributed by atoms with Crippen molar-refractivity contribution in [2.24, 2.45) is 5.92 Å². The molecular formula is C21H33N3O4S. The van der Waals surface area contributed by atoms with Crippen LogP contribution in [0.2, 0.25) is 0 Å². The van der Waals surface area contributed by atoms with E-state index in [1.807, 2.05) is 13.0 Å². The first-order chi connectivity index (χ1) is 13.9. The Morgan fingerprint density at radius 1 is 1.24 bits per heavy atom. The van der Waals surface area contributed by atoms with Crippen LogP contribution in [0.1, 0.15) is 38.2 Å². The zero-order valence-electron chi connectivity index (χ0n) is 17.3. The molecule has 1 aliphatic carbocycles. The highest BCUT2D eigenvalue weighted by molar-refractivity contribution is 7.88. The molecular weight excluding hydrogens is 390 g/mol. The average Bonchev–Trinajstić information content (AvgIpc) is 2.64. The van der Waals surface area contributed by atoms with Gasteiger partial charge in [0.05, 0.1) is 25.0 Å². The molecule has 1 aliphatic heterocycles. The standard InChI is InChI=1S/C21H33N3O4S/c1-3-22-21(25)24-11-7-10-19(23-29(2,26)27)20(24)15-28-18-13-17(14-18)12-16-8-5-4-6-9-16/h4-6,8-9,17-20,23H,3,7,10-15H2,1-2H3,(H,22,25)/t17?,18?,19-,20-/m0/s1. The highest BCUT2D eigenvalue weighted by atomic mass is 32.2. The smallest absolute Gasteiger partial charge is 0.317 e. The van der Waals surface area contributed by atoms with Gasteiger partial charge in [0.2, 0.25) is 10.0 Å². The number of sulfonamides is 1. The fraction of sp³-hybridized carbons (Fsp3) is 0.667. The maximum atomic E-state index is 12.5. The van der Waals surface area contributed by atoms with Crippen molar-refractivity contribution in [2.45, 2.75) is 57.2 Å². The van der Waals surface area contributed by atoms with Crippen LogP contribution in [0.5, 0.6) is 0 Å². The Labute approximate surface area is 174 Å². The Morgan fingerprint density at radius 3 is 2.62 bits per heavy atom. The van der Waals surface area contributed by atoms with E-state index in [0.29, 0.717) is 32.0 Å². The van der Waals surface area contributed by atoms with Gasteiger partial charge < -0.3 is 15.0 Å². The van der Waals surface area contributed by atoms with Gasteiger partial charge in [-0.15, -0.1) is 0 Å². The fourth-order valence-corrected chi connectivity index (χ4v) is 5.16. The van der Waals surface area contributed by atoms with Crippen LogP contribution in [0, 0.1) is 5.92 Å². The van der Waals surface area contributed by atoms with Gasteiger partial charge >= 0.3 is 6.03 Å². The summed E-state index contributed by atoms with van der Waals surface area (Å²) in [6, 6.07) is 9.70. The predicted octanol–water partition coefficient (Wildman–Crippen LogP) is 2.14. The molecule has 2 amide bonds. The van der Waals surface area contributed by atoms with Gasteiger partial charge in [0.15, 0.2) is 0 Å². The van der Waals surface area contributed by atoms with Crippen molar-refractivity contribution >= 4 is 16.1 Å². The number of ether oxygens (including phenoxy) is 1. The lowest BCUT2D eigenvalue weighted by molar-refractivity contribution is -0.0570. The van der Waals surface area contributed by atoms with E-state index in [1.165, 1.54) is 5.56 Å². The van der Waals surface area contributed by atoms with Crippen LogP contribution in [-0.4, -0.2) is 63.5 Å². The summed E-state index contributed by atoms with van der Waals surface area (Å²) in [5, 5.41) is 2.83. The molecule has 1 saturated carbocycles. The molecule has 8 heteroatoms. The van der Waals surface area contributed by atoms with Crippen LogP contribution in [-0.2, 0) is 21.2 Å². The van der Waals surface area contributed by atoms with Crippen LogP contribution < -0.4 is 10.0 Å². The highest BCUT2D eigenvalue weighted by Gasteiger charge is 2.38. The van der Waals surface area contributed by atoms with Crippen molar-refractivity contribution < 1.29 is 17.9 Å². The van der Waals surface area contributed by atoms with Gasteiger partial charge in [-0.25, -0.2) is 17.9 Å². The van der Waals surface area contributed by atoms with Crippen LogP contribution in [0.25, 0.3) is 0 Å². The zero-order chi connectivity index (χ0) is 20.9. The van der Waals surface area contributed by atoms with Gasteiger partial charge in [-0.1, -0.05) is 30.3 Å². The summed E-state index contributed by atoms with van der Waals surface area (Å²) in [5.41, 5.74) is 1.35. The Balaban J connectivity index is 1.55. The Hall–Kier alpha value is -1.64. The normalized spacial score (nSPS) is 27.3. The third-order valence-electron chi connectivity index (χ3n) is 5.80. The summed E-state index contributed by atoms with van der Waals surface area (Å²) in [4.78, 5) is 14.2. The van der Waals surface area contributed by atoms with Crippen molar-refractivity contribution in [3.63, 3.8) is 0 Å². The predicted molar refractivity (Wildman–Crippen MR) is 113 cm³/mol. The summed E-state index contributed by atoms with van der Waals surface area (Å²) < 4.78 is 32.4. The molecule has 0 unspecified atom stereocenters. The van der Waals surface area contributed by atoms with Crippen LogP contribution >= 0.6 is 0 Å². The molecule has 2 fully saturated rings. The number of piperidine rings is 1. The lowest BCUT2D eigenvalue weighted by atomic mass is 9.78. The second-order valence-electron chi connectivity index (χ2n) is 8.22. The molecule has 1 saturated heterocycles. The highest BCUT2D eigenvalue weighted by Crippen LogP contribution is 2.33. The first-order valence-electron chi connectivity index (χ1n) is 10.5. The quantitative estimate of drug-likeness (QED) is 0.671. The summed E-state index contributed by atoms with van der Waals surface area (Å²) >= 11 is 0. The maximum Gasteiger partial charge on any atom is 0.317 e. The largest absolute Gasteiger partial charge is 0.376 e. The summed E-state index contributed by atoms with van der Waals surface area (Å²) in [7, 11) is -3.36. The summed E-state index contributed by atoms with van der Waals surface area (Å²) in [6.07, 6.45) is 5.89. The van der Waals surface area contributed by atoms with E-state index in [2.05, 4.69) is 34.3 Å². The number of carbonyl (C=O) groups is 1. The number of carbonyl (C=O) groups excluding carboxylic acids is 1. The first-order valence-corrected chi connectivity index (χ1v) is 12.4. The fourth-order valence-electron chi connectivity index (χ4n) is 4.34. The Morgan fingerprint density at radius 2 is 1.97 bits per heavy atom. The number of amides is 2. The molecule has 7 nitrogen and oxygen atoms in total. The molecule has 2 aliphatic rings. The number of urea groups is 1. The van der Waals surface area contributed by atoms with Gasteiger partial charge in [-0.3, -0.25) is 0 Å². The number of likely N-dealkylation sites (tertiary alicyclic amines) is 1. The summed E-state index contributed by atoms with van der Waals surface area (Å²) in [6.45, 7) is 3.38. The molecule has 3 rings (SSSR count). The van der Waals surface area contributed by atoms with Crippen molar-refractivity contribution in [2.75, 3.05) is 26.0 Å². The summed E-state index contributed by atoms with van der Waals surface area (Å²) in [5.74, 6) is 0.623. The Kier molecular flexibility index (Phi) is 7.54. The molecule has 0 bridgehead atoms. The monoisotopic (exact) mass is 423 g/mol. The van der Waals surface area contributed by atoms with Gasteiger partial charge in [-0.05, 0) is 50.5 Å². The minimum atomic E-state index is -3.36. The minimum Gasteiger partial charge on any atom is -0.376 e. The third kappa shape index (κ3) is 6.42. The molecule has 0 aromatic heterocycles. The van der Waals surface area contributed by atoms with Gasteiger partial charge in [-0.2, -0.15) is 0 Å². The third-order valence-corrected chi connectivity index (χ3v) is 6.53. The van der Waals surface area contributed by atoms with Gasteiger partial charge in [0.1, 0.15) is 0 Å². The maximum absolute atomic E-state index is 12.5. The van der Waals surface area contributed by atoms with Gasteiger partial charge in [0, 0.05) is 19.1 Å². The van der Waals surface area contributed by atoms with E-state index in [0.717, 1.165) is 31.9 Å². The number of rotatable bonds is 8. The molecule has 162 valence electrons. The molecule has 0 spiro atoms. The van der Waals surface area contributed by atoms with Crippen molar-refractivity contribution in [3.8, 4) is 0 Å². The van der Waals surface area contributed by atoms with E-state index in [4.69, 9.17) is 4.74 Å². The SMILES string of the molecule is CCNC(=O)N1CCC[C@H](NS(C)(=O)=O)[C@@H]1COC1CC(Cc2ccccc2)C1. The zero-order valence-corrected chi connectivity index (χ0v) is 18.2. The van der Waals surface area contributed by atoms with Crippen LogP contribution in [0.15, 0.2) is 30.3 Å². The minimum absolute atomic E-state index is 0.156. The average molecular weight is 424 g/mol. The van der Waals surface area contributed by atoms with Crippen molar-refractivity contribution in [1.82, 2.24) is 14.9 Å². The molecule has 2 N–H and O–H groups in total. The second kappa shape index (κ2) is 9.91. The topological polar surface area (TPSA) is 87.7 Å². The number of hydrogen-bond donors (Lipinski definition) is 2. The van der Waals surface area contributed by atoms with Crippen molar-refractivity contribution in [3.05, 3.63) is 35.9 Å². The van der Waals surface area contributed by atoms with E-state index < -0.39 is 10.0 Å². The van der Waals surface area contributed by atoms with Gasteiger partial charge in [0.25, 0.3) is 0 Å². The molecule has 0 radical (unpaired) electrons. The number of nitrogens with zero attached hydrogens (tertiary/aromatic N) is 1. The molecule has 1 aromatic rings. The number of nitrogens with one attached hydrogen (secondary N) is 2. The second-order valence-corrected chi connectivity index (χ2v) is 10.00. The molecule has 1 heterocycles. The van der Waals surface area contributed by atoms with E-state index in [-0.39, 0.29) is 24.2 Å². The van der Waals surface area contributed by atoms with E-state index >= 15 is 0 Å². The molecule has 2 atom stereocenters. The van der Waals surface area contributed by atoms with Crippen molar-refractivity contribution in [1.29, 1.82) is 0 Å². The van der Waals surface area contributed by atoms with E-state index in [1.54, 1.807) is 4.90 Å². The van der Waals surface area contributed by atoms with Crippen LogP contribution in [0.3, 0.4) is 0 Å². The van der Waals surface area contributed by atoms with Crippen LogP contribution in [0.4, 0.5) is 4.79 Å². The lowest BCUT2D eigenvalue weighted by Crippen LogP contribution is -2.61. The Bertz CT molecular complexity index is 765.